The van der Waals surface area contributed by atoms with Gasteiger partial charge in [-0.05, 0) is 46.2 Å². The number of carboxylic acids is 1. The summed E-state index contributed by atoms with van der Waals surface area (Å²) in [4.78, 5) is 25.4. The van der Waals surface area contributed by atoms with Gasteiger partial charge in [0.1, 0.15) is 0 Å². The van der Waals surface area contributed by atoms with E-state index in [0.29, 0.717) is 6.54 Å². The van der Waals surface area contributed by atoms with Crippen LogP contribution in [0.5, 0.6) is 0 Å². The van der Waals surface area contributed by atoms with Crippen molar-refractivity contribution < 1.29 is 14.7 Å². The number of aliphatic carboxylic acids is 1. The van der Waals surface area contributed by atoms with Crippen LogP contribution in [0.3, 0.4) is 0 Å². The molecule has 1 aliphatic heterocycles. The molecule has 0 saturated carbocycles. The van der Waals surface area contributed by atoms with E-state index < -0.39 is 5.97 Å². The minimum Gasteiger partial charge on any atom is -0.481 e. The third-order valence-corrected chi connectivity index (χ3v) is 4.29. The van der Waals surface area contributed by atoms with E-state index >= 15 is 0 Å². The number of carbonyl (C=O) groups is 2. The van der Waals surface area contributed by atoms with Crippen LogP contribution in [0.2, 0.25) is 0 Å². The maximum absolute atomic E-state index is 12.8. The Hall–Kier alpha value is -1.10. The summed E-state index contributed by atoms with van der Waals surface area (Å²) in [5.41, 5.74) is -0.298. The molecule has 1 heterocycles. The molecule has 1 unspecified atom stereocenters. The molecule has 1 aliphatic rings. The van der Waals surface area contributed by atoms with Crippen molar-refractivity contribution in [3.05, 3.63) is 0 Å². The van der Waals surface area contributed by atoms with Gasteiger partial charge in [-0.15, -0.1) is 0 Å². The molecule has 1 fully saturated rings. The largest absolute Gasteiger partial charge is 0.481 e. The van der Waals surface area contributed by atoms with Crippen molar-refractivity contribution in [3.63, 3.8) is 0 Å². The number of carbonyl (C=O) groups excluding carboxylic acids is 1. The highest BCUT2D eigenvalue weighted by atomic mass is 16.4. The first kappa shape index (κ1) is 16.0. The molecule has 0 aliphatic carbocycles. The lowest BCUT2D eigenvalue weighted by Gasteiger charge is -2.41. The van der Waals surface area contributed by atoms with Crippen molar-refractivity contribution >= 4 is 11.9 Å². The highest BCUT2D eigenvalue weighted by Crippen LogP contribution is 2.35. The van der Waals surface area contributed by atoms with Crippen molar-refractivity contribution in [3.8, 4) is 0 Å². The van der Waals surface area contributed by atoms with Crippen molar-refractivity contribution in [2.75, 3.05) is 19.6 Å². The maximum Gasteiger partial charge on any atom is 0.305 e. The summed E-state index contributed by atoms with van der Waals surface area (Å²) >= 11 is 0. The van der Waals surface area contributed by atoms with Gasteiger partial charge in [0.15, 0.2) is 0 Å². The summed E-state index contributed by atoms with van der Waals surface area (Å²) in [6.45, 7) is 8.09. The molecule has 0 aromatic rings. The highest BCUT2D eigenvalue weighted by molar-refractivity contribution is 5.83. The minimum absolute atomic E-state index is 0.0115. The predicted molar refractivity (Wildman–Crippen MR) is 73.9 cm³/mol. The van der Waals surface area contributed by atoms with Crippen molar-refractivity contribution in [1.29, 1.82) is 0 Å². The third kappa shape index (κ3) is 3.69. The third-order valence-electron chi connectivity index (χ3n) is 4.29. The number of amides is 1. The average molecular weight is 270 g/mol. The van der Waals surface area contributed by atoms with E-state index in [9.17, 15) is 9.59 Å². The fraction of sp³-hybridized carbons (Fsp3) is 0.857. The van der Waals surface area contributed by atoms with Crippen LogP contribution in [0.4, 0.5) is 0 Å². The van der Waals surface area contributed by atoms with Gasteiger partial charge in [0, 0.05) is 12.6 Å². The molecule has 0 aromatic heterocycles. The topological polar surface area (TPSA) is 69.6 Å². The first-order valence-electron chi connectivity index (χ1n) is 7.20. The standard InChI is InChI=1S/C14H26N2O3/c1-4-14(6-8-15-9-7-14)13(19)16(5-2)11(3)10-12(17)18/h11,15H,4-10H2,1-3H3,(H,17,18). The molecule has 5 heteroatoms. The Bertz CT molecular complexity index is 325. The fourth-order valence-corrected chi connectivity index (χ4v) is 2.95. The lowest BCUT2D eigenvalue weighted by molar-refractivity contribution is -0.148. The number of hydrogen-bond donors (Lipinski definition) is 2. The van der Waals surface area contributed by atoms with E-state index in [0.717, 1.165) is 32.4 Å². The second kappa shape index (κ2) is 6.89. The molecule has 0 aromatic carbocycles. The summed E-state index contributed by atoms with van der Waals surface area (Å²) < 4.78 is 0. The van der Waals surface area contributed by atoms with Crippen molar-refractivity contribution in [2.24, 2.45) is 5.41 Å². The van der Waals surface area contributed by atoms with Crippen LogP contribution in [0, 0.1) is 5.41 Å². The van der Waals surface area contributed by atoms with Crippen molar-refractivity contribution in [1.82, 2.24) is 10.2 Å². The Morgan fingerprint density at radius 2 is 1.89 bits per heavy atom. The lowest BCUT2D eigenvalue weighted by atomic mass is 9.75. The van der Waals surface area contributed by atoms with Crippen LogP contribution in [0.25, 0.3) is 0 Å². The van der Waals surface area contributed by atoms with Crippen LogP contribution in [-0.4, -0.2) is 47.6 Å². The van der Waals surface area contributed by atoms with E-state index in [1.165, 1.54) is 0 Å². The smallest absolute Gasteiger partial charge is 0.305 e. The van der Waals surface area contributed by atoms with Gasteiger partial charge in [0.05, 0.1) is 11.8 Å². The molecule has 1 atom stereocenters. The van der Waals surface area contributed by atoms with E-state index in [1.54, 1.807) is 4.90 Å². The molecule has 1 amide bonds. The number of piperidine rings is 1. The molecular formula is C14H26N2O3. The molecule has 1 rings (SSSR count). The Balaban J connectivity index is 2.83. The average Bonchev–Trinajstić information content (AvgIpc) is 2.39. The summed E-state index contributed by atoms with van der Waals surface area (Å²) in [6, 6.07) is -0.242. The van der Waals surface area contributed by atoms with Gasteiger partial charge in [-0.25, -0.2) is 0 Å². The lowest BCUT2D eigenvalue weighted by Crippen LogP contribution is -2.51. The van der Waals surface area contributed by atoms with Gasteiger partial charge < -0.3 is 15.3 Å². The molecule has 5 nitrogen and oxygen atoms in total. The maximum atomic E-state index is 12.8. The van der Waals surface area contributed by atoms with Gasteiger partial charge in [-0.1, -0.05) is 6.92 Å². The normalized spacial score (nSPS) is 19.7. The first-order chi connectivity index (χ1) is 8.96. The van der Waals surface area contributed by atoms with Gasteiger partial charge >= 0.3 is 5.97 Å². The molecule has 2 N–H and O–H groups in total. The number of hydrogen-bond acceptors (Lipinski definition) is 3. The molecule has 0 radical (unpaired) electrons. The number of nitrogens with zero attached hydrogens (tertiary/aromatic N) is 1. The molecular weight excluding hydrogens is 244 g/mol. The summed E-state index contributed by atoms with van der Waals surface area (Å²) in [5, 5.41) is 12.2. The highest BCUT2D eigenvalue weighted by Gasteiger charge is 2.41. The zero-order valence-electron chi connectivity index (χ0n) is 12.2. The van der Waals surface area contributed by atoms with E-state index in [-0.39, 0.29) is 23.8 Å². The SMILES string of the molecule is CCN(C(=O)C1(CC)CCNCC1)C(C)CC(=O)O. The summed E-state index contributed by atoms with van der Waals surface area (Å²) in [6.07, 6.45) is 2.53. The van der Waals surface area contributed by atoms with Gasteiger partial charge in [0.2, 0.25) is 5.91 Å². The van der Waals surface area contributed by atoms with E-state index in [2.05, 4.69) is 12.2 Å². The van der Waals surface area contributed by atoms with Crippen molar-refractivity contribution in [2.45, 2.75) is 52.5 Å². The zero-order chi connectivity index (χ0) is 14.5. The number of carboxylic acid groups (broad SMARTS) is 1. The molecule has 19 heavy (non-hydrogen) atoms. The zero-order valence-corrected chi connectivity index (χ0v) is 12.2. The molecule has 0 bridgehead atoms. The van der Waals surface area contributed by atoms with Gasteiger partial charge in [0.25, 0.3) is 0 Å². The quantitative estimate of drug-likeness (QED) is 0.767. The van der Waals surface area contributed by atoms with Gasteiger partial charge in [-0.3, -0.25) is 9.59 Å². The molecule has 0 spiro atoms. The molecule has 110 valence electrons. The van der Waals surface area contributed by atoms with Crippen LogP contribution in [-0.2, 0) is 9.59 Å². The van der Waals surface area contributed by atoms with Crippen LogP contribution >= 0.6 is 0 Å². The predicted octanol–water partition coefficient (Wildman–Crippen LogP) is 1.48. The number of nitrogens with one attached hydrogen (secondary N) is 1. The monoisotopic (exact) mass is 270 g/mol. The summed E-state index contributed by atoms with van der Waals surface area (Å²) in [7, 11) is 0. The van der Waals surface area contributed by atoms with Crippen LogP contribution in [0.1, 0.15) is 46.5 Å². The Morgan fingerprint density at radius 3 is 2.32 bits per heavy atom. The van der Waals surface area contributed by atoms with E-state index in [4.69, 9.17) is 5.11 Å². The van der Waals surface area contributed by atoms with Crippen LogP contribution in [0.15, 0.2) is 0 Å². The Labute approximate surface area is 115 Å². The Kier molecular flexibility index (Phi) is 5.79. The molecule has 1 saturated heterocycles. The Morgan fingerprint density at radius 1 is 1.32 bits per heavy atom. The minimum atomic E-state index is -0.852. The second-order valence-corrected chi connectivity index (χ2v) is 5.42. The second-order valence-electron chi connectivity index (χ2n) is 5.42. The van der Waals surface area contributed by atoms with E-state index in [1.807, 2.05) is 13.8 Å². The number of rotatable bonds is 6. The van der Waals surface area contributed by atoms with Gasteiger partial charge in [-0.2, -0.15) is 0 Å². The fourth-order valence-electron chi connectivity index (χ4n) is 2.95. The first-order valence-corrected chi connectivity index (χ1v) is 7.20. The van der Waals surface area contributed by atoms with Crippen LogP contribution < -0.4 is 5.32 Å². The summed E-state index contributed by atoms with van der Waals surface area (Å²) in [5.74, 6) is -0.720.